The van der Waals surface area contributed by atoms with Crippen LogP contribution in [0.3, 0.4) is 0 Å². The van der Waals surface area contributed by atoms with Gasteiger partial charge in [0.15, 0.2) is 0 Å². The molecule has 1 fully saturated rings. The van der Waals surface area contributed by atoms with Crippen LogP contribution in [0.1, 0.15) is 44.2 Å². The molecule has 1 aromatic carbocycles. The Morgan fingerprint density at radius 1 is 1.25 bits per heavy atom. The summed E-state index contributed by atoms with van der Waals surface area (Å²) < 4.78 is 0. The molecule has 0 aromatic heterocycles. The summed E-state index contributed by atoms with van der Waals surface area (Å²) in [5.74, 6) is 2.25. The maximum atomic E-state index is 5.83. The predicted molar refractivity (Wildman–Crippen MR) is 71.7 cm³/mol. The van der Waals surface area contributed by atoms with E-state index in [1.165, 1.54) is 41.9 Å². The summed E-state index contributed by atoms with van der Waals surface area (Å²) >= 11 is 2.00. The number of rotatable bonds is 4. The smallest absolute Gasteiger partial charge is 0.0266 e. The van der Waals surface area contributed by atoms with E-state index in [-0.39, 0.29) is 6.04 Å². The van der Waals surface area contributed by atoms with Crippen LogP contribution in [-0.2, 0) is 0 Å². The molecule has 1 aromatic rings. The molecule has 1 nitrogen and oxygen atoms in total. The summed E-state index contributed by atoms with van der Waals surface area (Å²) in [5.41, 5.74) is 7.06. The largest absolute Gasteiger partial charge is 0.324 e. The second-order valence-corrected chi connectivity index (χ2v) is 5.91. The van der Waals surface area contributed by atoms with E-state index in [2.05, 4.69) is 24.3 Å². The van der Waals surface area contributed by atoms with Gasteiger partial charge in [0, 0.05) is 16.7 Å². The molecule has 88 valence electrons. The maximum Gasteiger partial charge on any atom is 0.0266 e. The molecule has 0 spiro atoms. The van der Waals surface area contributed by atoms with Gasteiger partial charge in [-0.3, -0.25) is 0 Å². The van der Waals surface area contributed by atoms with Crippen LogP contribution in [0.15, 0.2) is 29.2 Å². The Kier molecular flexibility index (Phi) is 4.30. The van der Waals surface area contributed by atoms with E-state index in [0.29, 0.717) is 0 Å². The minimum absolute atomic E-state index is 0.147. The van der Waals surface area contributed by atoms with Gasteiger partial charge in [-0.05, 0) is 43.4 Å². The Morgan fingerprint density at radius 2 is 1.88 bits per heavy atom. The topological polar surface area (TPSA) is 26.0 Å². The van der Waals surface area contributed by atoms with Crippen LogP contribution in [0.2, 0.25) is 0 Å². The summed E-state index contributed by atoms with van der Waals surface area (Å²) in [6, 6.07) is 8.87. The van der Waals surface area contributed by atoms with Gasteiger partial charge in [0.25, 0.3) is 0 Å². The fourth-order valence-corrected chi connectivity index (χ4v) is 3.35. The molecular formula is C14H21NS. The second kappa shape index (κ2) is 5.74. The molecule has 2 heteroatoms. The zero-order valence-electron chi connectivity index (χ0n) is 9.99. The Bertz CT molecular complexity index is 312. The number of nitrogens with two attached hydrogens (primary N) is 1. The molecule has 0 amide bonds. The van der Waals surface area contributed by atoms with E-state index in [1.807, 2.05) is 18.7 Å². The van der Waals surface area contributed by atoms with Crippen molar-refractivity contribution in [3.05, 3.63) is 29.8 Å². The molecule has 0 radical (unpaired) electrons. The van der Waals surface area contributed by atoms with Crippen LogP contribution in [0.5, 0.6) is 0 Å². The average molecular weight is 235 g/mol. The number of hydrogen-bond acceptors (Lipinski definition) is 2. The Labute approximate surface area is 103 Å². The van der Waals surface area contributed by atoms with Gasteiger partial charge in [-0.1, -0.05) is 25.0 Å². The second-order valence-electron chi connectivity index (χ2n) is 4.82. The van der Waals surface area contributed by atoms with Crippen molar-refractivity contribution in [3.63, 3.8) is 0 Å². The van der Waals surface area contributed by atoms with Gasteiger partial charge in [-0.25, -0.2) is 0 Å². The molecule has 16 heavy (non-hydrogen) atoms. The zero-order valence-corrected chi connectivity index (χ0v) is 10.8. The maximum absolute atomic E-state index is 5.83. The van der Waals surface area contributed by atoms with Gasteiger partial charge >= 0.3 is 0 Å². The van der Waals surface area contributed by atoms with Crippen molar-refractivity contribution in [2.45, 2.75) is 43.5 Å². The van der Waals surface area contributed by atoms with Crippen LogP contribution in [0, 0.1) is 5.92 Å². The standard InChI is InChI=1S/C14H21NS/c1-11(15)13-6-8-14(9-7-13)16-10-12-4-2-3-5-12/h6-9,11-12H,2-5,10,15H2,1H3/t11-/m1/s1. The monoisotopic (exact) mass is 235 g/mol. The molecule has 1 atom stereocenters. The highest BCUT2D eigenvalue weighted by Gasteiger charge is 2.14. The first-order valence-corrected chi connectivity index (χ1v) is 7.22. The molecule has 1 saturated carbocycles. The van der Waals surface area contributed by atoms with Crippen molar-refractivity contribution in [1.82, 2.24) is 0 Å². The molecule has 0 aliphatic heterocycles. The van der Waals surface area contributed by atoms with Gasteiger partial charge in [0.1, 0.15) is 0 Å². The fourth-order valence-electron chi connectivity index (χ4n) is 2.26. The summed E-state index contributed by atoms with van der Waals surface area (Å²) in [4.78, 5) is 1.39. The SMILES string of the molecule is C[C@@H](N)c1ccc(SCC2CCCC2)cc1. The Hall–Kier alpha value is -0.470. The van der Waals surface area contributed by atoms with Crippen molar-refractivity contribution < 1.29 is 0 Å². The van der Waals surface area contributed by atoms with Crippen LogP contribution in [0.4, 0.5) is 0 Å². The number of thioether (sulfide) groups is 1. The zero-order chi connectivity index (χ0) is 11.4. The molecule has 2 N–H and O–H groups in total. The minimum Gasteiger partial charge on any atom is -0.324 e. The van der Waals surface area contributed by atoms with Crippen molar-refractivity contribution in [1.29, 1.82) is 0 Å². The van der Waals surface area contributed by atoms with E-state index in [4.69, 9.17) is 5.73 Å². The normalized spacial score (nSPS) is 18.9. The summed E-state index contributed by atoms with van der Waals surface area (Å²) in [6.45, 7) is 2.03. The van der Waals surface area contributed by atoms with Crippen molar-refractivity contribution >= 4 is 11.8 Å². The van der Waals surface area contributed by atoms with Gasteiger partial charge < -0.3 is 5.73 Å². The molecule has 0 unspecified atom stereocenters. The fraction of sp³-hybridized carbons (Fsp3) is 0.571. The first-order chi connectivity index (χ1) is 7.75. The van der Waals surface area contributed by atoms with Gasteiger partial charge in [-0.2, -0.15) is 0 Å². The van der Waals surface area contributed by atoms with E-state index in [9.17, 15) is 0 Å². The predicted octanol–water partition coefficient (Wildman–Crippen LogP) is 3.99. The minimum atomic E-state index is 0.147. The van der Waals surface area contributed by atoms with Crippen LogP contribution >= 0.6 is 11.8 Å². The van der Waals surface area contributed by atoms with Crippen LogP contribution in [0.25, 0.3) is 0 Å². The molecular weight excluding hydrogens is 214 g/mol. The molecule has 0 bridgehead atoms. The van der Waals surface area contributed by atoms with E-state index in [1.54, 1.807) is 0 Å². The quantitative estimate of drug-likeness (QED) is 0.799. The first-order valence-electron chi connectivity index (χ1n) is 6.24. The highest BCUT2D eigenvalue weighted by atomic mass is 32.2. The third kappa shape index (κ3) is 3.26. The van der Waals surface area contributed by atoms with Crippen LogP contribution in [-0.4, -0.2) is 5.75 Å². The highest BCUT2D eigenvalue weighted by molar-refractivity contribution is 7.99. The molecule has 2 rings (SSSR count). The molecule has 0 saturated heterocycles. The van der Waals surface area contributed by atoms with E-state index < -0.39 is 0 Å². The van der Waals surface area contributed by atoms with Crippen molar-refractivity contribution in [2.75, 3.05) is 5.75 Å². The molecule has 0 heterocycles. The number of hydrogen-bond donors (Lipinski definition) is 1. The summed E-state index contributed by atoms with van der Waals surface area (Å²) in [5, 5.41) is 0. The average Bonchev–Trinajstić information content (AvgIpc) is 2.80. The first kappa shape index (κ1) is 12.0. The third-order valence-electron chi connectivity index (χ3n) is 3.37. The molecule has 1 aliphatic rings. The Balaban J connectivity index is 1.84. The summed E-state index contributed by atoms with van der Waals surface area (Å²) in [6.07, 6.45) is 5.75. The lowest BCUT2D eigenvalue weighted by Gasteiger charge is -2.09. The lowest BCUT2D eigenvalue weighted by atomic mass is 10.1. The summed E-state index contributed by atoms with van der Waals surface area (Å²) in [7, 11) is 0. The lowest BCUT2D eigenvalue weighted by Crippen LogP contribution is -2.04. The molecule has 1 aliphatic carbocycles. The lowest BCUT2D eigenvalue weighted by molar-refractivity contribution is 0.623. The van der Waals surface area contributed by atoms with Gasteiger partial charge in [0.05, 0.1) is 0 Å². The van der Waals surface area contributed by atoms with E-state index >= 15 is 0 Å². The van der Waals surface area contributed by atoms with Crippen LogP contribution < -0.4 is 5.73 Å². The van der Waals surface area contributed by atoms with Crippen molar-refractivity contribution in [3.8, 4) is 0 Å². The third-order valence-corrected chi connectivity index (χ3v) is 4.61. The van der Waals surface area contributed by atoms with Crippen molar-refractivity contribution in [2.24, 2.45) is 11.7 Å². The van der Waals surface area contributed by atoms with Gasteiger partial charge in [-0.15, -0.1) is 11.8 Å². The highest BCUT2D eigenvalue weighted by Crippen LogP contribution is 2.31. The van der Waals surface area contributed by atoms with E-state index in [0.717, 1.165) is 5.92 Å². The number of benzene rings is 1. The van der Waals surface area contributed by atoms with Gasteiger partial charge in [0.2, 0.25) is 0 Å². The Morgan fingerprint density at radius 3 is 2.44 bits per heavy atom.